The number of hydrogen-bond acceptors (Lipinski definition) is 13. The monoisotopic (exact) mass is 973 g/mol. The highest BCUT2D eigenvalue weighted by Gasteiger charge is 2.30. The van der Waals surface area contributed by atoms with Crippen LogP contribution in [0.2, 0.25) is 10.0 Å². The van der Waals surface area contributed by atoms with E-state index < -0.39 is 30.9 Å². The van der Waals surface area contributed by atoms with Crippen molar-refractivity contribution >= 4 is 117 Å². The van der Waals surface area contributed by atoms with E-state index in [1.54, 1.807) is 53.4 Å². The Morgan fingerprint density at radius 2 is 1.40 bits per heavy atom. The van der Waals surface area contributed by atoms with Gasteiger partial charge in [-0.2, -0.15) is 4.57 Å². The highest BCUT2D eigenvalue weighted by Crippen LogP contribution is 2.47. The first-order valence-electron chi connectivity index (χ1n) is 21.5. The van der Waals surface area contributed by atoms with Crippen LogP contribution >= 0.6 is 46.3 Å². The molecule has 0 unspecified atom stereocenters. The molecule has 0 saturated carbocycles. The average Bonchev–Trinajstić information content (AvgIpc) is 3.81. The molecule has 12 nitrogen and oxygen atoms in total. The van der Waals surface area contributed by atoms with Gasteiger partial charge < -0.3 is 28.3 Å². The molecule has 338 valence electrons. The van der Waals surface area contributed by atoms with E-state index in [9.17, 15) is 22.8 Å². The summed E-state index contributed by atoms with van der Waals surface area (Å²) >= 11 is 16.2. The predicted molar refractivity (Wildman–Crippen MR) is 262 cm³/mol. The largest absolute Gasteiger partial charge is 0.464 e. The van der Waals surface area contributed by atoms with Gasteiger partial charge in [-0.3, -0.25) is 4.79 Å². The molecule has 0 aliphatic carbocycles. The van der Waals surface area contributed by atoms with Crippen LogP contribution in [0.15, 0.2) is 123 Å². The number of ether oxygens (including phenoxy) is 1. The van der Waals surface area contributed by atoms with E-state index in [1.807, 2.05) is 62.1 Å². The number of sulfone groups is 1. The summed E-state index contributed by atoms with van der Waals surface area (Å²) in [6, 6.07) is 24.6. The lowest BCUT2D eigenvalue weighted by molar-refractivity contribution is -0.669. The molecule has 0 radical (unpaired) electrons. The minimum Gasteiger partial charge on any atom is -0.464 e. The first kappa shape index (κ1) is 46.2. The Kier molecular flexibility index (Phi) is 14.0. The van der Waals surface area contributed by atoms with E-state index in [2.05, 4.69) is 33.4 Å². The van der Waals surface area contributed by atoms with Crippen LogP contribution in [0.1, 0.15) is 52.0 Å². The molecule has 0 saturated heterocycles. The molecular weight excluding hydrogens is 928 g/mol. The smallest absolute Gasteiger partial charge is 0.355 e. The van der Waals surface area contributed by atoms with Gasteiger partial charge in [0.2, 0.25) is 15.4 Å². The molecule has 1 aliphatic rings. The van der Waals surface area contributed by atoms with E-state index in [4.69, 9.17) is 36.8 Å². The van der Waals surface area contributed by atoms with Crippen LogP contribution in [0.25, 0.3) is 38.2 Å². The molecule has 17 heteroatoms. The Labute approximate surface area is 394 Å². The van der Waals surface area contributed by atoms with Crippen LogP contribution in [-0.2, 0) is 25.9 Å². The zero-order valence-corrected chi connectivity index (χ0v) is 40.2. The third-order valence-electron chi connectivity index (χ3n) is 11.4. The number of nitrogens with zero attached hydrogens (tertiary/aromatic N) is 4. The fraction of sp³-hybridized carbons (Fsp3) is 0.292. The third-order valence-corrected chi connectivity index (χ3v) is 15.8. The van der Waals surface area contributed by atoms with Gasteiger partial charge >= 0.3 is 17.2 Å². The van der Waals surface area contributed by atoms with Gasteiger partial charge in [0.25, 0.3) is 5.01 Å². The van der Waals surface area contributed by atoms with E-state index in [-0.39, 0.29) is 30.2 Å². The van der Waals surface area contributed by atoms with E-state index in [1.165, 1.54) is 12.1 Å². The van der Waals surface area contributed by atoms with Gasteiger partial charge in [-0.15, -0.1) is 0 Å². The van der Waals surface area contributed by atoms with Crippen molar-refractivity contribution in [1.29, 1.82) is 0 Å². The number of thiazole rings is 1. The van der Waals surface area contributed by atoms with Crippen LogP contribution in [0.5, 0.6) is 0 Å². The number of carbonyl (C=O) groups is 1. The summed E-state index contributed by atoms with van der Waals surface area (Å²) in [7, 11) is -4.62. The van der Waals surface area contributed by atoms with E-state index in [0.29, 0.717) is 52.6 Å². The summed E-state index contributed by atoms with van der Waals surface area (Å²) in [5.74, 6) is -0.299. The number of anilines is 3. The summed E-state index contributed by atoms with van der Waals surface area (Å²) in [5, 5.41) is 4.31. The Bertz CT molecular complexity index is 3220. The van der Waals surface area contributed by atoms with Crippen LogP contribution in [0, 0.1) is 0 Å². The summed E-state index contributed by atoms with van der Waals surface area (Å²) in [6.45, 7) is 12.1. The maximum atomic E-state index is 13.8. The predicted octanol–water partition coefficient (Wildman–Crippen LogP) is 10.6. The Balaban J connectivity index is 0.888. The van der Waals surface area contributed by atoms with Gasteiger partial charge in [0.15, 0.2) is 16.3 Å². The van der Waals surface area contributed by atoms with Crippen molar-refractivity contribution in [2.45, 2.75) is 68.2 Å². The van der Waals surface area contributed by atoms with Gasteiger partial charge in [-0.05, 0) is 101 Å². The number of aryl methyl sites for hydroxylation is 1. The third kappa shape index (κ3) is 9.66. The van der Waals surface area contributed by atoms with Crippen LogP contribution < -0.4 is 30.5 Å². The number of halogens is 2. The van der Waals surface area contributed by atoms with Crippen LogP contribution in [0.3, 0.4) is 0 Å². The van der Waals surface area contributed by atoms with E-state index in [0.717, 1.165) is 62.6 Å². The SMILES string of the molecule is CCN(CC)c1ccc2cc(S(=O)(=O)c3cc4ccc(N(CC)CCOC(=O)CCCC[n+]5c(C=C6Sc7ccc(Cl)cc7N6CC)sc6ccc(Cl)cc65)cc4oc3=O)c(=O)oc2c1. The van der Waals surface area contributed by atoms with Crippen molar-refractivity contribution in [1.82, 2.24) is 0 Å². The number of rotatable bonds is 17. The number of carbonyl (C=O) groups excluding carboxylic acids is 1. The maximum Gasteiger partial charge on any atom is 0.355 e. The lowest BCUT2D eigenvalue weighted by Gasteiger charge is -2.23. The molecule has 4 aromatic carbocycles. The molecule has 7 aromatic rings. The molecule has 3 aromatic heterocycles. The van der Waals surface area contributed by atoms with Gasteiger partial charge in [-0.1, -0.05) is 46.3 Å². The molecule has 0 bridgehead atoms. The fourth-order valence-electron chi connectivity index (χ4n) is 8.01. The number of aromatic nitrogens is 1. The maximum absolute atomic E-state index is 13.8. The van der Waals surface area contributed by atoms with Crippen molar-refractivity contribution < 1.29 is 31.4 Å². The number of hydrogen-bond donors (Lipinski definition) is 0. The van der Waals surface area contributed by atoms with Crippen LogP contribution in [0.4, 0.5) is 17.1 Å². The van der Waals surface area contributed by atoms with Gasteiger partial charge in [0.1, 0.15) is 22.5 Å². The minimum atomic E-state index is -4.62. The molecule has 0 spiro atoms. The highest BCUT2D eigenvalue weighted by molar-refractivity contribution is 8.04. The fourth-order valence-corrected chi connectivity index (χ4v) is 12.0. The molecule has 1 aliphatic heterocycles. The average molecular weight is 975 g/mol. The molecule has 8 rings (SSSR count). The van der Waals surface area contributed by atoms with Gasteiger partial charge in [-0.25, -0.2) is 18.0 Å². The quantitative estimate of drug-likeness (QED) is 0.0372. The standard InChI is InChI=1S/C48H47Cl2N4O8S3/c1-5-51(6-2)34-16-12-30-23-42(47(56)61-38(30)27-34)65(58,59)43-24-31-13-17-35(28-39(31)62-48(43)57)52(7-3)21-22-60-46(55)11-9-10-20-54-37-26-33(50)15-19-41(37)64-45(54)29-44-53(8-4)36-25-32(49)14-18-40(36)63-44/h12-19,23-29H,5-11,20-22H2,1-4H3/q+1. The normalized spacial score (nSPS) is 13.3. The zero-order chi connectivity index (χ0) is 46.0. The number of unbranched alkanes of at least 4 members (excludes halogenated alkanes) is 1. The summed E-state index contributed by atoms with van der Waals surface area (Å²) in [6.07, 6.45) is 3.85. The molecule has 0 N–H and O–H groups in total. The first-order chi connectivity index (χ1) is 31.3. The first-order valence-corrected chi connectivity index (χ1v) is 25.3. The number of likely N-dealkylation sites (N-methyl/N-ethyl adjacent to an activating group) is 1. The van der Waals surface area contributed by atoms with Gasteiger partial charge in [0, 0.05) is 94.3 Å². The lowest BCUT2D eigenvalue weighted by atomic mass is 10.2. The second-order valence-electron chi connectivity index (χ2n) is 15.3. The molecule has 0 fully saturated rings. The topological polar surface area (TPSA) is 134 Å². The summed E-state index contributed by atoms with van der Waals surface area (Å²) in [5.41, 5.74) is 1.87. The van der Waals surface area contributed by atoms with Crippen molar-refractivity contribution in [2.24, 2.45) is 0 Å². The second kappa shape index (κ2) is 19.6. The Morgan fingerprint density at radius 1 is 0.785 bits per heavy atom. The molecular formula is C48H47Cl2N4O8S3+. The zero-order valence-electron chi connectivity index (χ0n) is 36.3. The number of fused-ring (bicyclic) bond motifs is 4. The number of benzene rings is 4. The van der Waals surface area contributed by atoms with Crippen LogP contribution in [-0.4, -0.2) is 53.7 Å². The van der Waals surface area contributed by atoms with Crippen molar-refractivity contribution in [2.75, 3.05) is 54.0 Å². The molecule has 0 atom stereocenters. The molecule has 4 heterocycles. The van der Waals surface area contributed by atoms with E-state index >= 15 is 0 Å². The molecule has 0 amide bonds. The minimum absolute atomic E-state index is 0.135. The lowest BCUT2D eigenvalue weighted by Crippen LogP contribution is -2.35. The number of esters is 1. The molecule has 65 heavy (non-hydrogen) atoms. The van der Waals surface area contributed by atoms with Crippen molar-refractivity contribution in [3.8, 4) is 0 Å². The summed E-state index contributed by atoms with van der Waals surface area (Å²) in [4.78, 5) is 45.4. The highest BCUT2D eigenvalue weighted by atomic mass is 35.5. The van der Waals surface area contributed by atoms with Crippen molar-refractivity contribution in [3.05, 3.63) is 126 Å². The van der Waals surface area contributed by atoms with Crippen molar-refractivity contribution in [3.63, 3.8) is 0 Å². The Morgan fingerprint density at radius 3 is 2.03 bits per heavy atom. The number of thioether (sulfide) groups is 1. The second-order valence-corrected chi connectivity index (χ2v) is 20.2. The Hall–Kier alpha value is -5.32. The van der Waals surface area contributed by atoms with Gasteiger partial charge in [0.05, 0.1) is 23.3 Å². The summed E-state index contributed by atoms with van der Waals surface area (Å²) < 4.78 is 47.6.